The third-order valence-electron chi connectivity index (χ3n) is 4.99. The van der Waals surface area contributed by atoms with Crippen LogP contribution in [0.1, 0.15) is 64.7 Å². The molecule has 2 fully saturated rings. The zero-order valence-electron chi connectivity index (χ0n) is 13.9. The van der Waals surface area contributed by atoms with E-state index in [2.05, 4.69) is 17.6 Å². The molecule has 0 spiro atoms. The zero-order chi connectivity index (χ0) is 15.8. The van der Waals surface area contributed by atoms with Gasteiger partial charge in [0, 0.05) is 32.1 Å². The summed E-state index contributed by atoms with van der Waals surface area (Å²) in [6, 6.07) is 0.336. The fourth-order valence-corrected chi connectivity index (χ4v) is 3.60. The maximum atomic E-state index is 12.1. The van der Waals surface area contributed by atoms with Crippen LogP contribution in [-0.4, -0.2) is 42.5 Å². The number of carbonyl (C=O) groups is 2. The number of hydrogen-bond donors (Lipinski definition) is 2. The van der Waals surface area contributed by atoms with E-state index < -0.39 is 0 Å². The van der Waals surface area contributed by atoms with Gasteiger partial charge in [0.05, 0.1) is 0 Å². The van der Waals surface area contributed by atoms with Gasteiger partial charge in [0.2, 0.25) is 5.91 Å². The number of nitrogens with one attached hydrogen (secondary N) is 2. The first-order chi connectivity index (χ1) is 10.7. The summed E-state index contributed by atoms with van der Waals surface area (Å²) in [7, 11) is 0. The van der Waals surface area contributed by atoms with Gasteiger partial charge in [-0.3, -0.25) is 4.79 Å². The lowest BCUT2D eigenvalue weighted by Gasteiger charge is -2.33. The van der Waals surface area contributed by atoms with Crippen molar-refractivity contribution in [2.24, 2.45) is 5.92 Å². The molecule has 1 unspecified atom stereocenters. The molecular formula is C17H31N3O2. The van der Waals surface area contributed by atoms with E-state index in [9.17, 15) is 9.59 Å². The van der Waals surface area contributed by atoms with Crippen LogP contribution in [0.2, 0.25) is 0 Å². The van der Waals surface area contributed by atoms with Crippen LogP contribution in [0.25, 0.3) is 0 Å². The summed E-state index contributed by atoms with van der Waals surface area (Å²) >= 11 is 0. The first kappa shape index (κ1) is 17.1. The van der Waals surface area contributed by atoms with E-state index in [1.54, 1.807) is 0 Å². The number of rotatable bonds is 5. The van der Waals surface area contributed by atoms with E-state index >= 15 is 0 Å². The Kier molecular flexibility index (Phi) is 7.00. The van der Waals surface area contributed by atoms with Crippen LogP contribution in [0.15, 0.2) is 0 Å². The monoisotopic (exact) mass is 309 g/mol. The summed E-state index contributed by atoms with van der Waals surface area (Å²) in [6.07, 6.45) is 10.3. The highest BCUT2D eigenvalue weighted by Crippen LogP contribution is 2.25. The molecule has 2 aliphatic rings. The molecule has 0 aromatic carbocycles. The van der Waals surface area contributed by atoms with Gasteiger partial charge in [0.25, 0.3) is 0 Å². The van der Waals surface area contributed by atoms with E-state index in [0.29, 0.717) is 31.5 Å². The van der Waals surface area contributed by atoms with Gasteiger partial charge in [-0.2, -0.15) is 0 Å². The molecule has 126 valence electrons. The molecule has 1 heterocycles. The average Bonchev–Trinajstić information content (AvgIpc) is 2.53. The number of nitrogens with zero attached hydrogens (tertiary/aromatic N) is 1. The maximum Gasteiger partial charge on any atom is 0.317 e. The Hall–Kier alpha value is -1.26. The van der Waals surface area contributed by atoms with E-state index in [1.165, 1.54) is 38.5 Å². The van der Waals surface area contributed by atoms with Gasteiger partial charge in [-0.05, 0) is 44.9 Å². The Bertz CT molecular complexity index is 367. The molecule has 2 rings (SSSR count). The third-order valence-corrected chi connectivity index (χ3v) is 4.99. The highest BCUT2D eigenvalue weighted by atomic mass is 16.2. The summed E-state index contributed by atoms with van der Waals surface area (Å²) in [4.78, 5) is 25.9. The van der Waals surface area contributed by atoms with Gasteiger partial charge in [0.15, 0.2) is 0 Å². The number of urea groups is 1. The summed E-state index contributed by atoms with van der Waals surface area (Å²) in [5.74, 6) is 0.699. The van der Waals surface area contributed by atoms with Gasteiger partial charge in [-0.25, -0.2) is 4.79 Å². The van der Waals surface area contributed by atoms with Crippen LogP contribution in [-0.2, 0) is 4.79 Å². The Morgan fingerprint density at radius 2 is 1.64 bits per heavy atom. The standard InChI is InChI=1S/C17H31N3O2/c1-14-7-5-6-12-20(14)17(22)19-11-10-18-16(21)13-15-8-3-2-4-9-15/h14-15H,2-13H2,1H3,(H,18,21)(H,19,22). The second-order valence-corrected chi connectivity index (χ2v) is 6.83. The summed E-state index contributed by atoms with van der Waals surface area (Å²) in [5, 5.41) is 5.84. The molecule has 1 saturated carbocycles. The minimum Gasteiger partial charge on any atom is -0.354 e. The van der Waals surface area contributed by atoms with Crippen molar-refractivity contribution >= 4 is 11.9 Å². The van der Waals surface area contributed by atoms with E-state index in [1.807, 2.05) is 4.90 Å². The molecule has 1 aliphatic carbocycles. The number of hydrogen-bond acceptors (Lipinski definition) is 2. The third kappa shape index (κ3) is 5.50. The van der Waals surface area contributed by atoms with Gasteiger partial charge in [0.1, 0.15) is 0 Å². The molecule has 2 N–H and O–H groups in total. The van der Waals surface area contributed by atoms with Crippen molar-refractivity contribution < 1.29 is 9.59 Å². The van der Waals surface area contributed by atoms with Gasteiger partial charge >= 0.3 is 6.03 Å². The number of amides is 3. The topological polar surface area (TPSA) is 61.4 Å². The molecule has 0 radical (unpaired) electrons. The number of carbonyl (C=O) groups excluding carboxylic acids is 2. The van der Waals surface area contributed by atoms with Crippen molar-refractivity contribution in [3.05, 3.63) is 0 Å². The van der Waals surface area contributed by atoms with Gasteiger partial charge in [-0.1, -0.05) is 19.3 Å². The second kappa shape index (κ2) is 9.01. The Morgan fingerprint density at radius 1 is 0.955 bits per heavy atom. The minimum atomic E-state index is 0.00808. The highest BCUT2D eigenvalue weighted by molar-refractivity contribution is 5.76. The fourth-order valence-electron chi connectivity index (χ4n) is 3.60. The Morgan fingerprint density at radius 3 is 2.36 bits per heavy atom. The SMILES string of the molecule is CC1CCCCN1C(=O)NCCNC(=O)CC1CCCCC1. The lowest BCUT2D eigenvalue weighted by atomic mass is 9.87. The van der Waals surface area contributed by atoms with Crippen molar-refractivity contribution in [3.8, 4) is 0 Å². The normalized spacial score (nSPS) is 23.1. The predicted octanol–water partition coefficient (Wildman–Crippen LogP) is 2.66. The Balaban J connectivity index is 1.56. The summed E-state index contributed by atoms with van der Waals surface area (Å²) in [6.45, 7) is 3.99. The molecule has 1 atom stereocenters. The first-order valence-electron chi connectivity index (χ1n) is 8.98. The molecular weight excluding hydrogens is 278 g/mol. The lowest BCUT2D eigenvalue weighted by Crippen LogP contribution is -2.48. The van der Waals surface area contributed by atoms with Crippen molar-refractivity contribution in [3.63, 3.8) is 0 Å². The predicted molar refractivity (Wildman–Crippen MR) is 87.6 cm³/mol. The number of likely N-dealkylation sites (tertiary alicyclic amines) is 1. The van der Waals surface area contributed by atoms with Crippen molar-refractivity contribution in [2.45, 2.75) is 70.8 Å². The van der Waals surface area contributed by atoms with Crippen LogP contribution >= 0.6 is 0 Å². The summed E-state index contributed by atoms with van der Waals surface area (Å²) in [5.41, 5.74) is 0. The van der Waals surface area contributed by atoms with Crippen LogP contribution in [0.4, 0.5) is 4.79 Å². The second-order valence-electron chi connectivity index (χ2n) is 6.83. The largest absolute Gasteiger partial charge is 0.354 e. The molecule has 3 amide bonds. The maximum absolute atomic E-state index is 12.1. The van der Waals surface area contributed by atoms with Crippen LogP contribution in [0.3, 0.4) is 0 Å². The van der Waals surface area contributed by atoms with Crippen LogP contribution in [0.5, 0.6) is 0 Å². The molecule has 5 heteroatoms. The van der Waals surface area contributed by atoms with Crippen molar-refractivity contribution in [1.82, 2.24) is 15.5 Å². The van der Waals surface area contributed by atoms with Crippen molar-refractivity contribution in [1.29, 1.82) is 0 Å². The molecule has 1 saturated heterocycles. The fraction of sp³-hybridized carbons (Fsp3) is 0.882. The van der Waals surface area contributed by atoms with E-state index in [0.717, 1.165) is 19.4 Å². The number of piperidine rings is 1. The smallest absolute Gasteiger partial charge is 0.317 e. The zero-order valence-corrected chi connectivity index (χ0v) is 13.9. The Labute approximate surface area is 134 Å². The molecule has 0 aromatic heterocycles. The van der Waals surface area contributed by atoms with E-state index in [-0.39, 0.29) is 11.9 Å². The molecule has 0 bridgehead atoms. The van der Waals surface area contributed by atoms with Gasteiger partial charge < -0.3 is 15.5 Å². The first-order valence-corrected chi connectivity index (χ1v) is 8.98. The van der Waals surface area contributed by atoms with Crippen molar-refractivity contribution in [2.75, 3.05) is 19.6 Å². The highest BCUT2D eigenvalue weighted by Gasteiger charge is 2.22. The minimum absolute atomic E-state index is 0.00808. The van der Waals surface area contributed by atoms with Gasteiger partial charge in [-0.15, -0.1) is 0 Å². The van der Waals surface area contributed by atoms with Crippen LogP contribution in [0, 0.1) is 5.92 Å². The molecule has 0 aromatic rings. The van der Waals surface area contributed by atoms with Crippen LogP contribution < -0.4 is 10.6 Å². The average molecular weight is 309 g/mol. The lowest BCUT2D eigenvalue weighted by molar-refractivity contribution is -0.122. The quantitative estimate of drug-likeness (QED) is 0.767. The molecule has 5 nitrogen and oxygen atoms in total. The summed E-state index contributed by atoms with van der Waals surface area (Å²) < 4.78 is 0. The molecule has 1 aliphatic heterocycles. The molecule has 22 heavy (non-hydrogen) atoms. The van der Waals surface area contributed by atoms with E-state index in [4.69, 9.17) is 0 Å².